The van der Waals surface area contributed by atoms with Gasteiger partial charge in [0.2, 0.25) is 5.82 Å². The van der Waals surface area contributed by atoms with Gasteiger partial charge in [-0.05, 0) is 37.6 Å². The number of H-pyrrole nitrogens is 2. The summed E-state index contributed by atoms with van der Waals surface area (Å²) in [5, 5.41) is 2.50. The van der Waals surface area contributed by atoms with Crippen molar-refractivity contribution in [3.8, 4) is 5.75 Å². The number of benzene rings is 2. The first-order valence-electron chi connectivity index (χ1n) is 10.2. The summed E-state index contributed by atoms with van der Waals surface area (Å²) in [6, 6.07) is 5.61. The molecule has 0 saturated carbocycles. The van der Waals surface area contributed by atoms with Gasteiger partial charge in [0, 0.05) is 17.2 Å². The average molecular weight is 499 g/mol. The summed E-state index contributed by atoms with van der Waals surface area (Å²) in [4.78, 5) is 40.9. The minimum Gasteiger partial charge on any atom is -0.493 e. The molecule has 8 nitrogen and oxygen atoms in total. The Hall–Kier alpha value is -3.74. The molecule has 1 aliphatic rings. The summed E-state index contributed by atoms with van der Waals surface area (Å²) in [7, 11) is 1.02. The lowest BCUT2D eigenvalue weighted by atomic mass is 9.85. The maximum Gasteiger partial charge on any atom is 0.417 e. The van der Waals surface area contributed by atoms with Crippen LogP contribution >= 0.6 is 0 Å². The Kier molecular flexibility index (Phi) is 5.91. The number of amides is 1. The third-order valence-corrected chi connectivity index (χ3v) is 5.91. The standard InChI is InChI=1S/C22H18F5N3O5/c1-21(22(25,26)27)8-12(10-5-6-13(23)15(24)16(10)34-2)17(35-21)19(32)28-9-3-4-11-14(7-9)29-20(33)30-18(11)31/h3-7,12,17H,8H2,1-2H3,(H,28,32)(H2,29,30,31,33). The lowest BCUT2D eigenvalue weighted by Gasteiger charge is -2.27. The fourth-order valence-electron chi connectivity index (χ4n) is 4.14. The van der Waals surface area contributed by atoms with E-state index >= 15 is 0 Å². The van der Waals surface area contributed by atoms with Crippen LogP contribution in [0.2, 0.25) is 0 Å². The molecule has 1 saturated heterocycles. The van der Waals surface area contributed by atoms with E-state index in [1.165, 1.54) is 18.2 Å². The van der Waals surface area contributed by atoms with E-state index in [1.54, 1.807) is 0 Å². The highest BCUT2D eigenvalue weighted by Crippen LogP contribution is 2.51. The Morgan fingerprint density at radius 2 is 1.89 bits per heavy atom. The number of alkyl halides is 3. The molecule has 1 fully saturated rings. The molecule has 35 heavy (non-hydrogen) atoms. The van der Waals surface area contributed by atoms with Gasteiger partial charge in [-0.3, -0.25) is 14.6 Å². The normalized spacial score (nSPS) is 22.4. The molecule has 0 aliphatic carbocycles. The summed E-state index contributed by atoms with van der Waals surface area (Å²) in [6.45, 7) is 0.757. The smallest absolute Gasteiger partial charge is 0.417 e. The predicted molar refractivity (Wildman–Crippen MR) is 113 cm³/mol. The highest BCUT2D eigenvalue weighted by Gasteiger charge is 2.61. The maximum atomic E-state index is 14.3. The van der Waals surface area contributed by atoms with E-state index in [1.807, 2.05) is 4.98 Å². The molecule has 1 aromatic heterocycles. The van der Waals surface area contributed by atoms with Crippen molar-refractivity contribution in [3.05, 3.63) is 68.4 Å². The van der Waals surface area contributed by atoms with Gasteiger partial charge in [0.25, 0.3) is 11.5 Å². The summed E-state index contributed by atoms with van der Waals surface area (Å²) in [6.07, 6.45) is -7.42. The molecule has 3 atom stereocenters. The van der Waals surface area contributed by atoms with Crippen molar-refractivity contribution in [2.45, 2.75) is 37.1 Å². The molecule has 1 amide bonds. The Morgan fingerprint density at radius 1 is 1.17 bits per heavy atom. The maximum absolute atomic E-state index is 14.3. The van der Waals surface area contributed by atoms with Crippen LogP contribution in [0, 0.1) is 11.6 Å². The van der Waals surface area contributed by atoms with E-state index in [0.717, 1.165) is 26.2 Å². The first kappa shape index (κ1) is 24.4. The van der Waals surface area contributed by atoms with Crippen LogP contribution in [0.5, 0.6) is 5.75 Å². The van der Waals surface area contributed by atoms with Crippen LogP contribution in [0.1, 0.15) is 24.8 Å². The van der Waals surface area contributed by atoms with Crippen molar-refractivity contribution in [1.82, 2.24) is 9.97 Å². The van der Waals surface area contributed by atoms with E-state index in [2.05, 4.69) is 10.3 Å². The number of aromatic amines is 2. The summed E-state index contributed by atoms with van der Waals surface area (Å²) < 4.78 is 79.5. The second kappa shape index (κ2) is 8.48. The minimum atomic E-state index is -4.88. The molecule has 2 heterocycles. The van der Waals surface area contributed by atoms with Gasteiger partial charge in [0.1, 0.15) is 6.10 Å². The van der Waals surface area contributed by atoms with Gasteiger partial charge >= 0.3 is 11.9 Å². The molecular weight excluding hydrogens is 481 g/mol. The minimum absolute atomic E-state index is 0.0453. The molecule has 0 spiro atoms. The number of aromatic nitrogens is 2. The zero-order valence-electron chi connectivity index (χ0n) is 18.2. The van der Waals surface area contributed by atoms with Crippen LogP contribution in [0.4, 0.5) is 27.6 Å². The van der Waals surface area contributed by atoms with Crippen molar-refractivity contribution in [2.24, 2.45) is 0 Å². The van der Waals surface area contributed by atoms with Gasteiger partial charge in [-0.1, -0.05) is 6.07 Å². The third kappa shape index (κ3) is 4.27. The number of rotatable bonds is 4. The van der Waals surface area contributed by atoms with Crippen LogP contribution in [0.25, 0.3) is 10.9 Å². The zero-order valence-corrected chi connectivity index (χ0v) is 18.2. The number of anilines is 1. The second-order valence-corrected chi connectivity index (χ2v) is 8.22. The van der Waals surface area contributed by atoms with E-state index in [0.29, 0.717) is 0 Å². The summed E-state index contributed by atoms with van der Waals surface area (Å²) in [5.74, 6) is -5.68. The van der Waals surface area contributed by atoms with Crippen molar-refractivity contribution >= 4 is 22.5 Å². The van der Waals surface area contributed by atoms with Gasteiger partial charge in [0.05, 0.1) is 18.0 Å². The highest BCUT2D eigenvalue weighted by molar-refractivity contribution is 5.97. The molecule has 0 radical (unpaired) electrons. The number of carbonyl (C=O) groups excluding carboxylic acids is 1. The Morgan fingerprint density at radius 3 is 2.54 bits per heavy atom. The van der Waals surface area contributed by atoms with Crippen LogP contribution < -0.4 is 21.3 Å². The molecule has 186 valence electrons. The molecular formula is C22H18F5N3O5. The molecule has 1 aliphatic heterocycles. The first-order valence-corrected chi connectivity index (χ1v) is 10.2. The van der Waals surface area contributed by atoms with Crippen LogP contribution in [0.3, 0.4) is 0 Å². The zero-order chi connectivity index (χ0) is 25.7. The first-order chi connectivity index (χ1) is 16.3. The fraction of sp³-hybridized carbons (Fsp3) is 0.318. The number of nitrogens with one attached hydrogen (secondary N) is 3. The molecule has 13 heteroatoms. The fourth-order valence-corrected chi connectivity index (χ4v) is 4.14. The van der Waals surface area contributed by atoms with Gasteiger partial charge in [-0.2, -0.15) is 17.6 Å². The number of methoxy groups -OCH3 is 1. The number of fused-ring (bicyclic) bond motifs is 1. The lowest BCUT2D eigenvalue weighted by Crippen LogP contribution is -2.43. The third-order valence-electron chi connectivity index (χ3n) is 5.91. The SMILES string of the molecule is COc1c(C2CC(C)(C(F)(F)F)OC2C(=O)Nc2ccc3c(=O)[nH]c(=O)[nH]c3c2)ccc(F)c1F. The molecule has 3 aromatic rings. The van der Waals surface area contributed by atoms with Gasteiger partial charge in [-0.25, -0.2) is 9.18 Å². The van der Waals surface area contributed by atoms with Gasteiger partial charge in [-0.15, -0.1) is 0 Å². The van der Waals surface area contributed by atoms with Gasteiger partial charge in [0.15, 0.2) is 17.2 Å². The molecule has 3 unspecified atom stereocenters. The molecule has 4 rings (SSSR count). The number of hydrogen-bond acceptors (Lipinski definition) is 5. The number of ether oxygens (including phenoxy) is 2. The second-order valence-electron chi connectivity index (χ2n) is 8.22. The highest BCUT2D eigenvalue weighted by atomic mass is 19.4. The van der Waals surface area contributed by atoms with E-state index in [4.69, 9.17) is 9.47 Å². The van der Waals surface area contributed by atoms with Crippen LogP contribution in [0.15, 0.2) is 39.9 Å². The quantitative estimate of drug-likeness (QED) is 0.477. The van der Waals surface area contributed by atoms with Crippen molar-refractivity contribution in [1.29, 1.82) is 0 Å². The average Bonchev–Trinajstić information content (AvgIpc) is 3.14. The molecule has 3 N–H and O–H groups in total. The molecule has 0 bridgehead atoms. The van der Waals surface area contributed by atoms with Crippen molar-refractivity contribution < 1.29 is 36.2 Å². The topological polar surface area (TPSA) is 113 Å². The summed E-state index contributed by atoms with van der Waals surface area (Å²) >= 11 is 0. The van der Waals surface area contributed by atoms with E-state index in [-0.39, 0.29) is 22.2 Å². The predicted octanol–water partition coefficient (Wildman–Crippen LogP) is 3.34. The Labute approximate surface area is 193 Å². The lowest BCUT2D eigenvalue weighted by molar-refractivity contribution is -0.261. The Balaban J connectivity index is 1.73. The number of carbonyl (C=O) groups is 1. The van der Waals surface area contributed by atoms with Crippen LogP contribution in [-0.2, 0) is 9.53 Å². The van der Waals surface area contributed by atoms with Crippen molar-refractivity contribution in [3.63, 3.8) is 0 Å². The number of hydrogen-bond donors (Lipinski definition) is 3. The van der Waals surface area contributed by atoms with Gasteiger partial charge < -0.3 is 19.8 Å². The van der Waals surface area contributed by atoms with E-state index in [9.17, 15) is 36.3 Å². The van der Waals surface area contributed by atoms with E-state index < -0.39 is 64.8 Å². The number of halogens is 5. The van der Waals surface area contributed by atoms with Crippen molar-refractivity contribution in [2.75, 3.05) is 12.4 Å². The largest absolute Gasteiger partial charge is 0.493 e. The Bertz CT molecular complexity index is 1430. The molecule has 2 aromatic carbocycles. The summed E-state index contributed by atoms with van der Waals surface area (Å²) in [5.41, 5.74) is -4.29. The van der Waals surface area contributed by atoms with Crippen LogP contribution in [-0.4, -0.2) is 40.9 Å². The monoisotopic (exact) mass is 499 g/mol.